The monoisotopic (exact) mass is 343 g/mol. The molecule has 1 fully saturated rings. The highest BCUT2D eigenvalue weighted by atomic mass is 32.2. The Morgan fingerprint density at radius 2 is 1.92 bits per heavy atom. The fourth-order valence-corrected chi connectivity index (χ4v) is 3.92. The van der Waals surface area contributed by atoms with Gasteiger partial charge in [-0.1, -0.05) is 36.9 Å². The predicted molar refractivity (Wildman–Crippen MR) is 90.6 cm³/mol. The first-order chi connectivity index (χ1) is 11.5. The molecule has 1 aliphatic rings. The highest BCUT2D eigenvalue weighted by Gasteiger charge is 2.37. The molecule has 0 bridgehead atoms. The fraction of sp³-hybridized carbons (Fsp3) is 0.176. The number of carbonyl (C=O) groups excluding carboxylic acids is 1. The lowest BCUT2D eigenvalue weighted by molar-refractivity contribution is -0.117. The minimum Gasteiger partial charge on any atom is -0.347 e. The van der Waals surface area contributed by atoms with Crippen LogP contribution in [0.25, 0.3) is 11.3 Å². The molecule has 0 atom stereocenters. The third kappa shape index (κ3) is 3.22. The molecule has 0 spiro atoms. The summed E-state index contributed by atoms with van der Waals surface area (Å²) in [6.07, 6.45) is 2.54. The van der Waals surface area contributed by atoms with Crippen molar-refractivity contribution in [2.24, 2.45) is 0 Å². The molecule has 7 heteroatoms. The SMILES string of the molecule is C=CC(=O)NC1CN(S(=O)(=O)c2ccc(-c3ccccc3)nc2)C1. The number of nitrogens with zero attached hydrogens (tertiary/aromatic N) is 2. The molecule has 1 saturated heterocycles. The Hall–Kier alpha value is -2.51. The van der Waals surface area contributed by atoms with Gasteiger partial charge < -0.3 is 5.32 Å². The summed E-state index contributed by atoms with van der Waals surface area (Å²) >= 11 is 0. The van der Waals surface area contributed by atoms with E-state index in [2.05, 4.69) is 16.9 Å². The first-order valence-corrected chi connectivity index (χ1v) is 8.89. The molecule has 3 rings (SSSR count). The average molecular weight is 343 g/mol. The van der Waals surface area contributed by atoms with Gasteiger partial charge in [0.15, 0.2) is 0 Å². The van der Waals surface area contributed by atoms with Crippen LogP contribution in [0.3, 0.4) is 0 Å². The van der Waals surface area contributed by atoms with Crippen molar-refractivity contribution in [1.29, 1.82) is 0 Å². The molecule has 1 amide bonds. The summed E-state index contributed by atoms with van der Waals surface area (Å²) in [5, 5.41) is 2.67. The average Bonchev–Trinajstić information content (AvgIpc) is 2.58. The van der Waals surface area contributed by atoms with E-state index in [4.69, 9.17) is 0 Å². The predicted octanol–water partition coefficient (Wildman–Crippen LogP) is 1.42. The number of hydrogen-bond acceptors (Lipinski definition) is 4. The van der Waals surface area contributed by atoms with Gasteiger partial charge >= 0.3 is 0 Å². The number of carbonyl (C=O) groups is 1. The van der Waals surface area contributed by atoms with Gasteiger partial charge in [-0.25, -0.2) is 8.42 Å². The third-order valence-electron chi connectivity index (χ3n) is 3.82. The molecule has 0 aliphatic carbocycles. The van der Waals surface area contributed by atoms with Crippen LogP contribution in [0.1, 0.15) is 0 Å². The second-order valence-electron chi connectivity index (χ2n) is 5.48. The Balaban J connectivity index is 1.70. The molecule has 124 valence electrons. The lowest BCUT2D eigenvalue weighted by atomic mass is 10.1. The van der Waals surface area contributed by atoms with Crippen molar-refractivity contribution in [2.75, 3.05) is 13.1 Å². The molecule has 1 aromatic heterocycles. The van der Waals surface area contributed by atoms with Crippen LogP contribution in [0.15, 0.2) is 66.2 Å². The number of rotatable bonds is 5. The Morgan fingerprint density at radius 3 is 2.50 bits per heavy atom. The smallest absolute Gasteiger partial charge is 0.244 e. The molecule has 0 unspecified atom stereocenters. The largest absolute Gasteiger partial charge is 0.347 e. The molecule has 2 heterocycles. The number of nitrogens with one attached hydrogen (secondary N) is 1. The van der Waals surface area contributed by atoms with Crippen LogP contribution >= 0.6 is 0 Å². The first-order valence-electron chi connectivity index (χ1n) is 7.45. The van der Waals surface area contributed by atoms with E-state index in [1.165, 1.54) is 16.6 Å². The van der Waals surface area contributed by atoms with Gasteiger partial charge in [-0.15, -0.1) is 0 Å². The second kappa shape index (κ2) is 6.54. The third-order valence-corrected chi connectivity index (χ3v) is 5.64. The van der Waals surface area contributed by atoms with E-state index >= 15 is 0 Å². The van der Waals surface area contributed by atoms with Crippen LogP contribution in [0.5, 0.6) is 0 Å². The van der Waals surface area contributed by atoms with Gasteiger partial charge in [0.25, 0.3) is 0 Å². The van der Waals surface area contributed by atoms with Crippen molar-refractivity contribution < 1.29 is 13.2 Å². The molecule has 24 heavy (non-hydrogen) atoms. The molecule has 6 nitrogen and oxygen atoms in total. The van der Waals surface area contributed by atoms with E-state index in [1.807, 2.05) is 30.3 Å². The summed E-state index contributed by atoms with van der Waals surface area (Å²) in [7, 11) is -3.58. The summed E-state index contributed by atoms with van der Waals surface area (Å²) in [6.45, 7) is 3.87. The minimum absolute atomic E-state index is 0.149. The maximum absolute atomic E-state index is 12.5. The zero-order chi connectivity index (χ0) is 17.2. The number of hydrogen-bond donors (Lipinski definition) is 1. The second-order valence-corrected chi connectivity index (χ2v) is 7.41. The Bertz CT molecular complexity index is 842. The molecule has 2 aromatic rings. The van der Waals surface area contributed by atoms with E-state index in [-0.39, 0.29) is 29.9 Å². The van der Waals surface area contributed by atoms with E-state index < -0.39 is 10.0 Å². The Kier molecular flexibility index (Phi) is 4.46. The van der Waals surface area contributed by atoms with E-state index in [0.717, 1.165) is 5.56 Å². The number of pyridine rings is 1. The summed E-state index contributed by atoms with van der Waals surface area (Å²) < 4.78 is 26.4. The zero-order valence-corrected chi connectivity index (χ0v) is 13.7. The van der Waals surface area contributed by atoms with Crippen molar-refractivity contribution in [3.8, 4) is 11.3 Å². The summed E-state index contributed by atoms with van der Waals surface area (Å²) in [6, 6.07) is 12.6. The quantitative estimate of drug-likeness (QED) is 0.833. The first kappa shape index (κ1) is 16.4. The molecular formula is C17H17N3O3S. The molecule has 0 radical (unpaired) electrons. The molecular weight excluding hydrogens is 326 g/mol. The number of amides is 1. The topological polar surface area (TPSA) is 79.4 Å². The van der Waals surface area contributed by atoms with E-state index in [9.17, 15) is 13.2 Å². The number of sulfonamides is 1. The van der Waals surface area contributed by atoms with Gasteiger partial charge in [-0.05, 0) is 18.2 Å². The van der Waals surface area contributed by atoms with Crippen molar-refractivity contribution in [3.63, 3.8) is 0 Å². The zero-order valence-electron chi connectivity index (χ0n) is 12.9. The van der Waals surface area contributed by atoms with Crippen molar-refractivity contribution in [3.05, 3.63) is 61.3 Å². The van der Waals surface area contributed by atoms with Crippen molar-refractivity contribution in [2.45, 2.75) is 10.9 Å². The van der Waals surface area contributed by atoms with Crippen LogP contribution in [0.2, 0.25) is 0 Å². The minimum atomic E-state index is -3.58. The highest BCUT2D eigenvalue weighted by Crippen LogP contribution is 2.23. The van der Waals surface area contributed by atoms with Gasteiger partial charge in [-0.3, -0.25) is 9.78 Å². The molecule has 0 saturated carbocycles. The lowest BCUT2D eigenvalue weighted by Gasteiger charge is -2.38. The van der Waals surface area contributed by atoms with Crippen LogP contribution in [-0.4, -0.2) is 42.7 Å². The maximum Gasteiger partial charge on any atom is 0.244 e. The summed E-state index contributed by atoms with van der Waals surface area (Å²) in [4.78, 5) is 15.6. The highest BCUT2D eigenvalue weighted by molar-refractivity contribution is 7.89. The van der Waals surface area contributed by atoms with Gasteiger partial charge in [0.05, 0.1) is 11.7 Å². The normalized spacial score (nSPS) is 15.5. The Morgan fingerprint density at radius 1 is 1.21 bits per heavy atom. The maximum atomic E-state index is 12.5. The van der Waals surface area contributed by atoms with Crippen LogP contribution in [0.4, 0.5) is 0 Å². The molecule has 1 aromatic carbocycles. The Labute approximate surface area is 140 Å². The number of aromatic nitrogens is 1. The van der Waals surface area contributed by atoms with Gasteiger partial charge in [0.2, 0.25) is 15.9 Å². The van der Waals surface area contributed by atoms with Gasteiger partial charge in [-0.2, -0.15) is 4.31 Å². The molecule has 1 aliphatic heterocycles. The van der Waals surface area contributed by atoms with Crippen LogP contribution in [-0.2, 0) is 14.8 Å². The summed E-state index contributed by atoms with van der Waals surface area (Å²) in [5.41, 5.74) is 1.65. The summed E-state index contributed by atoms with van der Waals surface area (Å²) in [5.74, 6) is -0.300. The van der Waals surface area contributed by atoms with Crippen LogP contribution < -0.4 is 5.32 Å². The van der Waals surface area contributed by atoms with E-state index in [0.29, 0.717) is 5.69 Å². The lowest BCUT2D eigenvalue weighted by Crippen LogP contribution is -2.60. The van der Waals surface area contributed by atoms with Crippen molar-refractivity contribution >= 4 is 15.9 Å². The van der Waals surface area contributed by atoms with Crippen molar-refractivity contribution in [1.82, 2.24) is 14.6 Å². The standard InChI is InChI=1S/C17H17N3O3S/c1-2-17(21)19-14-11-20(12-14)24(22,23)15-8-9-16(18-10-15)13-6-4-3-5-7-13/h2-10,14H,1,11-12H2,(H,19,21). The van der Waals surface area contributed by atoms with E-state index in [1.54, 1.807) is 12.1 Å². The number of benzene rings is 1. The molecule has 1 N–H and O–H groups in total. The van der Waals surface area contributed by atoms with Gasteiger partial charge in [0, 0.05) is 24.8 Å². The van der Waals surface area contributed by atoms with Gasteiger partial charge in [0.1, 0.15) is 4.90 Å². The van der Waals surface area contributed by atoms with Crippen LogP contribution in [0, 0.1) is 0 Å². The fourth-order valence-electron chi connectivity index (χ4n) is 2.45.